The predicted molar refractivity (Wildman–Crippen MR) is 57.6 cm³/mol. The van der Waals surface area contributed by atoms with Crippen LogP contribution in [0.5, 0.6) is 0 Å². The Labute approximate surface area is 101 Å². The number of carbonyl (C=O) groups is 1. The van der Waals surface area contributed by atoms with E-state index in [2.05, 4.69) is 9.97 Å². The normalized spacial score (nSPS) is 11.3. The van der Waals surface area contributed by atoms with Crippen molar-refractivity contribution in [3.05, 3.63) is 18.1 Å². The molecular weight excluding hydrogens is 251 g/mol. The van der Waals surface area contributed by atoms with Crippen LogP contribution in [0.25, 0.3) is 0 Å². The van der Waals surface area contributed by atoms with Crippen molar-refractivity contribution in [3.8, 4) is 0 Å². The Kier molecular flexibility index (Phi) is 4.46. The van der Waals surface area contributed by atoms with Crippen LogP contribution in [0.15, 0.2) is 12.4 Å². The zero-order valence-electron chi connectivity index (χ0n) is 9.61. The van der Waals surface area contributed by atoms with Crippen LogP contribution >= 0.6 is 0 Å². The van der Waals surface area contributed by atoms with Crippen molar-refractivity contribution in [2.45, 2.75) is 19.5 Å². The number of halogens is 3. The molecule has 0 saturated carbocycles. The fourth-order valence-corrected chi connectivity index (χ4v) is 1.36. The maximum Gasteiger partial charge on any atom is 0.405 e. The first kappa shape index (κ1) is 14.2. The molecule has 1 rings (SSSR count). The minimum Gasteiger partial charge on any atom is -0.476 e. The number of aromatic carboxylic acids is 1. The van der Waals surface area contributed by atoms with Gasteiger partial charge < -0.3 is 10.0 Å². The van der Waals surface area contributed by atoms with Crippen LogP contribution in [-0.4, -0.2) is 40.3 Å². The van der Waals surface area contributed by atoms with Gasteiger partial charge in [-0.25, -0.2) is 14.8 Å². The third-order valence-corrected chi connectivity index (χ3v) is 2.04. The first-order valence-electron chi connectivity index (χ1n) is 5.20. The molecule has 0 amide bonds. The first-order valence-corrected chi connectivity index (χ1v) is 5.20. The number of rotatable bonds is 5. The second kappa shape index (κ2) is 5.65. The van der Waals surface area contributed by atoms with Gasteiger partial charge in [0.15, 0.2) is 5.69 Å². The number of carboxylic acid groups (broad SMARTS) is 1. The number of hydrogen-bond acceptors (Lipinski definition) is 4. The van der Waals surface area contributed by atoms with Crippen molar-refractivity contribution in [1.82, 2.24) is 9.97 Å². The Bertz CT molecular complexity index is 406. The number of carboxylic acids is 1. The standard InChI is InChI=1S/C10H12F3N3O2/c1-2-3-16(6-10(11,12)13)8-5-14-7(4-15-8)9(17)18/h4-5H,2-3,6H2,1H3,(H,17,18). The van der Waals surface area contributed by atoms with Crippen LogP contribution in [0.1, 0.15) is 23.8 Å². The lowest BCUT2D eigenvalue weighted by Crippen LogP contribution is -2.35. The molecule has 1 heterocycles. The van der Waals surface area contributed by atoms with Crippen molar-refractivity contribution in [1.29, 1.82) is 0 Å². The highest BCUT2D eigenvalue weighted by atomic mass is 19.4. The van der Waals surface area contributed by atoms with Gasteiger partial charge in [-0.3, -0.25) is 0 Å². The summed E-state index contributed by atoms with van der Waals surface area (Å²) >= 11 is 0. The number of alkyl halides is 3. The van der Waals surface area contributed by atoms with Gasteiger partial charge in [-0.2, -0.15) is 13.2 Å². The fraction of sp³-hybridized carbons (Fsp3) is 0.500. The number of anilines is 1. The largest absolute Gasteiger partial charge is 0.476 e. The second-order valence-electron chi connectivity index (χ2n) is 3.60. The monoisotopic (exact) mass is 263 g/mol. The molecule has 0 fully saturated rings. The van der Waals surface area contributed by atoms with Crippen LogP contribution in [0.2, 0.25) is 0 Å². The van der Waals surface area contributed by atoms with Crippen LogP contribution in [0.4, 0.5) is 19.0 Å². The molecule has 0 aliphatic heterocycles. The topological polar surface area (TPSA) is 66.3 Å². The maximum absolute atomic E-state index is 12.3. The molecule has 0 radical (unpaired) electrons. The van der Waals surface area contributed by atoms with Gasteiger partial charge in [0, 0.05) is 6.54 Å². The van der Waals surface area contributed by atoms with Gasteiger partial charge in [0.05, 0.1) is 12.4 Å². The molecule has 0 saturated heterocycles. The predicted octanol–water partition coefficient (Wildman–Crippen LogP) is 1.95. The summed E-state index contributed by atoms with van der Waals surface area (Å²) in [5, 5.41) is 8.61. The smallest absolute Gasteiger partial charge is 0.405 e. The average molecular weight is 263 g/mol. The Morgan fingerprint density at radius 1 is 1.39 bits per heavy atom. The highest BCUT2D eigenvalue weighted by Gasteiger charge is 2.31. The molecule has 100 valence electrons. The first-order chi connectivity index (χ1) is 8.33. The molecule has 8 heteroatoms. The summed E-state index contributed by atoms with van der Waals surface area (Å²) in [6, 6.07) is 0. The van der Waals surface area contributed by atoms with Crippen molar-refractivity contribution in [2.75, 3.05) is 18.0 Å². The zero-order valence-corrected chi connectivity index (χ0v) is 9.61. The van der Waals surface area contributed by atoms with Crippen molar-refractivity contribution in [3.63, 3.8) is 0 Å². The molecule has 0 unspecified atom stereocenters. The highest BCUT2D eigenvalue weighted by Crippen LogP contribution is 2.20. The zero-order chi connectivity index (χ0) is 13.8. The molecule has 0 aliphatic rings. The van der Waals surface area contributed by atoms with E-state index in [4.69, 9.17) is 5.11 Å². The van der Waals surface area contributed by atoms with E-state index in [1.165, 1.54) is 0 Å². The van der Waals surface area contributed by atoms with Crippen molar-refractivity contribution < 1.29 is 23.1 Å². The van der Waals surface area contributed by atoms with Crippen LogP contribution in [0, 0.1) is 0 Å². The lowest BCUT2D eigenvalue weighted by atomic mass is 10.4. The van der Waals surface area contributed by atoms with E-state index in [1.54, 1.807) is 6.92 Å². The summed E-state index contributed by atoms with van der Waals surface area (Å²) in [6.45, 7) is 0.769. The Balaban J connectivity index is 2.88. The molecular formula is C10H12F3N3O2. The Morgan fingerprint density at radius 3 is 2.44 bits per heavy atom. The van der Waals surface area contributed by atoms with Gasteiger partial charge in [-0.05, 0) is 6.42 Å². The molecule has 0 spiro atoms. The minimum absolute atomic E-state index is 0.0131. The van der Waals surface area contributed by atoms with Crippen LogP contribution < -0.4 is 4.90 Å². The van der Waals surface area contributed by atoms with Crippen molar-refractivity contribution >= 4 is 11.8 Å². The van der Waals surface area contributed by atoms with E-state index in [1.807, 2.05) is 0 Å². The van der Waals surface area contributed by atoms with E-state index in [0.29, 0.717) is 6.42 Å². The minimum atomic E-state index is -4.34. The molecule has 0 aliphatic carbocycles. The van der Waals surface area contributed by atoms with E-state index in [-0.39, 0.29) is 18.1 Å². The quantitative estimate of drug-likeness (QED) is 0.879. The van der Waals surface area contributed by atoms with Crippen LogP contribution in [-0.2, 0) is 0 Å². The van der Waals surface area contributed by atoms with Crippen molar-refractivity contribution in [2.24, 2.45) is 0 Å². The average Bonchev–Trinajstić information content (AvgIpc) is 2.27. The molecule has 1 aromatic rings. The van der Waals surface area contributed by atoms with Gasteiger partial charge in [-0.15, -0.1) is 0 Å². The molecule has 5 nitrogen and oxygen atoms in total. The fourth-order valence-electron chi connectivity index (χ4n) is 1.36. The van der Waals surface area contributed by atoms with E-state index >= 15 is 0 Å². The molecule has 0 aromatic carbocycles. The van der Waals surface area contributed by atoms with E-state index in [0.717, 1.165) is 17.3 Å². The van der Waals surface area contributed by atoms with Gasteiger partial charge in [0.25, 0.3) is 0 Å². The molecule has 18 heavy (non-hydrogen) atoms. The van der Waals surface area contributed by atoms with E-state index < -0.39 is 18.7 Å². The SMILES string of the molecule is CCCN(CC(F)(F)F)c1cnc(C(=O)O)cn1. The summed E-state index contributed by atoms with van der Waals surface area (Å²) in [6.07, 6.45) is -1.86. The third kappa shape index (κ3) is 4.19. The summed E-state index contributed by atoms with van der Waals surface area (Å²) in [5.41, 5.74) is -0.304. The summed E-state index contributed by atoms with van der Waals surface area (Å²) in [5.74, 6) is -1.26. The molecule has 0 bridgehead atoms. The summed E-state index contributed by atoms with van der Waals surface area (Å²) < 4.78 is 37.0. The maximum atomic E-state index is 12.3. The number of nitrogens with zero attached hydrogens (tertiary/aromatic N) is 3. The van der Waals surface area contributed by atoms with E-state index in [9.17, 15) is 18.0 Å². The molecule has 1 aromatic heterocycles. The van der Waals surface area contributed by atoms with Crippen LogP contribution in [0.3, 0.4) is 0 Å². The molecule has 0 atom stereocenters. The lowest BCUT2D eigenvalue weighted by Gasteiger charge is -2.23. The number of aromatic nitrogens is 2. The Morgan fingerprint density at radius 2 is 2.06 bits per heavy atom. The number of hydrogen-bond donors (Lipinski definition) is 1. The van der Waals surface area contributed by atoms with Gasteiger partial charge in [0.1, 0.15) is 12.4 Å². The summed E-state index contributed by atoms with van der Waals surface area (Å²) in [4.78, 5) is 18.8. The molecule has 1 N–H and O–H groups in total. The van der Waals surface area contributed by atoms with Gasteiger partial charge >= 0.3 is 12.1 Å². The highest BCUT2D eigenvalue weighted by molar-refractivity contribution is 5.84. The van der Waals surface area contributed by atoms with Gasteiger partial charge in [0.2, 0.25) is 0 Å². The lowest BCUT2D eigenvalue weighted by molar-refractivity contribution is -0.119. The Hall–Kier alpha value is -1.86. The van der Waals surface area contributed by atoms with Gasteiger partial charge in [-0.1, -0.05) is 6.92 Å². The second-order valence-corrected chi connectivity index (χ2v) is 3.60. The summed E-state index contributed by atoms with van der Waals surface area (Å²) in [7, 11) is 0. The third-order valence-electron chi connectivity index (χ3n) is 2.04.